The van der Waals surface area contributed by atoms with Gasteiger partial charge in [0, 0.05) is 19.3 Å². The number of carbonyl (C=O) groups is 3. The van der Waals surface area contributed by atoms with Crippen molar-refractivity contribution in [3.8, 4) is 0 Å². The van der Waals surface area contributed by atoms with E-state index in [2.05, 4.69) is 27.7 Å². The molecule has 0 N–H and O–H groups in total. The monoisotopic (exact) mass is 737 g/mol. The Morgan fingerprint density at radius 1 is 0.365 bits per heavy atom. The third-order valence-electron chi connectivity index (χ3n) is 10.3. The fraction of sp³-hybridized carbons (Fsp3) is 0.935. The molecule has 308 valence electrons. The van der Waals surface area contributed by atoms with E-state index in [1.165, 1.54) is 148 Å². The molecule has 0 aliphatic carbocycles. The van der Waals surface area contributed by atoms with Gasteiger partial charge in [0.05, 0.1) is 0 Å². The van der Waals surface area contributed by atoms with E-state index in [-0.39, 0.29) is 31.1 Å². The van der Waals surface area contributed by atoms with Crippen LogP contribution in [0.1, 0.15) is 252 Å². The molecule has 0 spiro atoms. The van der Waals surface area contributed by atoms with Gasteiger partial charge in [-0.05, 0) is 25.2 Å². The van der Waals surface area contributed by atoms with Gasteiger partial charge in [0.1, 0.15) is 13.2 Å². The number of carbonyl (C=O) groups excluding carboxylic acids is 3. The van der Waals surface area contributed by atoms with Crippen molar-refractivity contribution >= 4 is 17.9 Å². The van der Waals surface area contributed by atoms with Crippen molar-refractivity contribution in [2.24, 2.45) is 5.92 Å². The predicted molar refractivity (Wildman–Crippen MR) is 220 cm³/mol. The first-order valence-corrected chi connectivity index (χ1v) is 22.9. The topological polar surface area (TPSA) is 78.9 Å². The van der Waals surface area contributed by atoms with Gasteiger partial charge < -0.3 is 14.2 Å². The third kappa shape index (κ3) is 39.6. The number of hydrogen-bond acceptors (Lipinski definition) is 6. The minimum atomic E-state index is -0.759. The second-order valence-electron chi connectivity index (χ2n) is 16.2. The number of esters is 3. The molecule has 0 aliphatic heterocycles. The van der Waals surface area contributed by atoms with E-state index in [0.29, 0.717) is 19.3 Å². The van der Waals surface area contributed by atoms with Crippen LogP contribution < -0.4 is 0 Å². The lowest BCUT2D eigenvalue weighted by atomic mass is 10.0. The molecule has 0 saturated heterocycles. The Labute approximate surface area is 323 Å². The maximum absolute atomic E-state index is 12.7. The van der Waals surface area contributed by atoms with Crippen molar-refractivity contribution in [2.45, 2.75) is 259 Å². The van der Waals surface area contributed by atoms with Gasteiger partial charge in [-0.1, -0.05) is 214 Å². The van der Waals surface area contributed by atoms with Gasteiger partial charge in [-0.15, -0.1) is 0 Å². The van der Waals surface area contributed by atoms with Crippen molar-refractivity contribution in [1.82, 2.24) is 0 Å². The van der Waals surface area contributed by atoms with E-state index < -0.39 is 6.10 Å². The van der Waals surface area contributed by atoms with Gasteiger partial charge in [0.15, 0.2) is 6.10 Å². The molecule has 0 aliphatic rings. The average molecular weight is 737 g/mol. The maximum Gasteiger partial charge on any atom is 0.306 e. The molecule has 0 fully saturated rings. The second kappa shape index (κ2) is 40.6. The minimum absolute atomic E-state index is 0.0647. The minimum Gasteiger partial charge on any atom is -0.462 e. The standard InChI is InChI=1S/C46H88O6/c1-5-7-9-11-13-15-17-18-19-21-23-25-30-34-38-45(48)51-41-43(52-46(49)39-35-31-27-26-28-32-36-42(3)4)40-50-44(47)37-33-29-24-22-20-16-14-12-10-8-6-2/h42-43H,5-41H2,1-4H3/t43-/m0/s1. The van der Waals surface area contributed by atoms with Crippen LogP contribution in [0.5, 0.6) is 0 Å². The Hall–Kier alpha value is -1.59. The Morgan fingerprint density at radius 2 is 0.635 bits per heavy atom. The van der Waals surface area contributed by atoms with E-state index in [9.17, 15) is 14.4 Å². The number of unbranched alkanes of at least 4 members (excludes halogenated alkanes) is 28. The predicted octanol–water partition coefficient (Wildman–Crippen LogP) is 14.3. The summed E-state index contributed by atoms with van der Waals surface area (Å²) in [7, 11) is 0. The molecule has 0 unspecified atom stereocenters. The van der Waals surface area contributed by atoms with E-state index in [4.69, 9.17) is 14.2 Å². The second-order valence-corrected chi connectivity index (χ2v) is 16.2. The highest BCUT2D eigenvalue weighted by atomic mass is 16.6. The third-order valence-corrected chi connectivity index (χ3v) is 10.3. The van der Waals surface area contributed by atoms with Gasteiger partial charge in [0.2, 0.25) is 0 Å². The number of ether oxygens (including phenoxy) is 3. The van der Waals surface area contributed by atoms with Crippen LogP contribution in [0.4, 0.5) is 0 Å². The summed E-state index contributed by atoms with van der Waals surface area (Å²) in [4.78, 5) is 37.6. The van der Waals surface area contributed by atoms with Crippen molar-refractivity contribution in [3.05, 3.63) is 0 Å². The van der Waals surface area contributed by atoms with Gasteiger partial charge in [0.25, 0.3) is 0 Å². The van der Waals surface area contributed by atoms with E-state index >= 15 is 0 Å². The zero-order valence-electron chi connectivity index (χ0n) is 35.3. The Bertz CT molecular complexity index is 781. The Balaban J connectivity index is 4.29. The quantitative estimate of drug-likeness (QED) is 0.0353. The smallest absolute Gasteiger partial charge is 0.306 e. The lowest BCUT2D eigenvalue weighted by Crippen LogP contribution is -2.30. The van der Waals surface area contributed by atoms with Gasteiger partial charge in [-0.2, -0.15) is 0 Å². The fourth-order valence-electron chi connectivity index (χ4n) is 6.80. The van der Waals surface area contributed by atoms with Gasteiger partial charge >= 0.3 is 17.9 Å². The first-order chi connectivity index (χ1) is 25.4. The largest absolute Gasteiger partial charge is 0.462 e. The summed E-state index contributed by atoms with van der Waals surface area (Å²) in [6, 6.07) is 0. The summed E-state index contributed by atoms with van der Waals surface area (Å²) in [6.07, 6.45) is 39.5. The molecular formula is C46H88O6. The van der Waals surface area contributed by atoms with Crippen LogP contribution in [0.15, 0.2) is 0 Å². The molecule has 0 aromatic carbocycles. The average Bonchev–Trinajstić information content (AvgIpc) is 3.12. The number of rotatable bonds is 41. The van der Waals surface area contributed by atoms with Gasteiger partial charge in [-0.25, -0.2) is 0 Å². The highest BCUT2D eigenvalue weighted by molar-refractivity contribution is 5.71. The molecule has 0 aromatic rings. The molecule has 0 saturated carbocycles. The molecule has 1 atom stereocenters. The van der Waals surface area contributed by atoms with E-state index in [1.807, 2.05) is 0 Å². The van der Waals surface area contributed by atoms with Crippen LogP contribution in [0.25, 0.3) is 0 Å². The van der Waals surface area contributed by atoms with Crippen LogP contribution in [-0.2, 0) is 28.6 Å². The summed E-state index contributed by atoms with van der Waals surface area (Å²) in [5, 5.41) is 0. The molecule has 0 amide bonds. The summed E-state index contributed by atoms with van der Waals surface area (Å²) < 4.78 is 16.7. The Kier molecular flexibility index (Phi) is 39.4. The molecule has 0 radical (unpaired) electrons. The summed E-state index contributed by atoms with van der Waals surface area (Å²) in [5.41, 5.74) is 0. The molecule has 6 heteroatoms. The first kappa shape index (κ1) is 50.4. The van der Waals surface area contributed by atoms with Crippen LogP contribution in [0.2, 0.25) is 0 Å². The van der Waals surface area contributed by atoms with Crippen LogP contribution in [0, 0.1) is 5.92 Å². The van der Waals surface area contributed by atoms with Crippen molar-refractivity contribution < 1.29 is 28.6 Å². The van der Waals surface area contributed by atoms with Gasteiger partial charge in [-0.3, -0.25) is 14.4 Å². The highest BCUT2D eigenvalue weighted by Gasteiger charge is 2.19. The van der Waals surface area contributed by atoms with Crippen molar-refractivity contribution in [2.75, 3.05) is 13.2 Å². The lowest BCUT2D eigenvalue weighted by Gasteiger charge is -2.18. The molecule has 6 nitrogen and oxygen atoms in total. The van der Waals surface area contributed by atoms with E-state index in [1.54, 1.807) is 0 Å². The molecular weight excluding hydrogens is 648 g/mol. The molecule has 0 heterocycles. The van der Waals surface area contributed by atoms with Crippen LogP contribution >= 0.6 is 0 Å². The maximum atomic E-state index is 12.7. The van der Waals surface area contributed by atoms with Crippen LogP contribution in [0.3, 0.4) is 0 Å². The summed E-state index contributed by atoms with van der Waals surface area (Å²) >= 11 is 0. The fourth-order valence-corrected chi connectivity index (χ4v) is 6.80. The zero-order chi connectivity index (χ0) is 38.2. The Morgan fingerprint density at radius 3 is 0.942 bits per heavy atom. The summed E-state index contributed by atoms with van der Waals surface area (Å²) in [6.45, 7) is 8.92. The molecule has 0 rings (SSSR count). The molecule has 52 heavy (non-hydrogen) atoms. The summed E-state index contributed by atoms with van der Waals surface area (Å²) in [5.74, 6) is -0.1000. The zero-order valence-corrected chi connectivity index (χ0v) is 35.3. The molecule has 0 aromatic heterocycles. The van der Waals surface area contributed by atoms with Crippen molar-refractivity contribution in [1.29, 1.82) is 0 Å². The SMILES string of the molecule is CCCCCCCCCCCCCCCCC(=O)OC[C@H](COC(=O)CCCCCCCCCCCCC)OC(=O)CCCCCCCCC(C)C. The normalized spacial score (nSPS) is 11.9. The molecule has 0 bridgehead atoms. The first-order valence-electron chi connectivity index (χ1n) is 22.9. The number of hydrogen-bond donors (Lipinski definition) is 0. The highest BCUT2D eigenvalue weighted by Crippen LogP contribution is 2.16. The van der Waals surface area contributed by atoms with Crippen LogP contribution in [-0.4, -0.2) is 37.2 Å². The lowest BCUT2D eigenvalue weighted by molar-refractivity contribution is -0.167. The van der Waals surface area contributed by atoms with E-state index in [0.717, 1.165) is 63.7 Å². The van der Waals surface area contributed by atoms with Crippen molar-refractivity contribution in [3.63, 3.8) is 0 Å².